The Morgan fingerprint density at radius 3 is 2.89 bits per heavy atom. The fourth-order valence-electron chi connectivity index (χ4n) is 2.49. The number of hydrogen-bond donors (Lipinski definition) is 1. The van der Waals surface area contributed by atoms with Crippen LogP contribution in [0.25, 0.3) is 0 Å². The lowest BCUT2D eigenvalue weighted by atomic mass is 9.89. The lowest BCUT2D eigenvalue weighted by Crippen LogP contribution is -2.57. The van der Waals surface area contributed by atoms with Gasteiger partial charge in [-0.1, -0.05) is 6.07 Å². The van der Waals surface area contributed by atoms with Gasteiger partial charge in [0.2, 0.25) is 5.91 Å². The SMILES string of the molecule is CN(CCc1cccs1)C(=O)C1(C)CCCCN1.Cl. The van der Waals surface area contributed by atoms with Crippen LogP contribution in [0.5, 0.6) is 0 Å². The number of thiophene rings is 1. The highest BCUT2D eigenvalue weighted by atomic mass is 35.5. The Hall–Kier alpha value is -0.580. The number of carbonyl (C=O) groups excluding carboxylic acids is 1. The van der Waals surface area contributed by atoms with Gasteiger partial charge in [0.15, 0.2) is 0 Å². The van der Waals surface area contributed by atoms with Gasteiger partial charge in [-0.05, 0) is 50.6 Å². The van der Waals surface area contributed by atoms with Gasteiger partial charge in [0.05, 0.1) is 5.54 Å². The van der Waals surface area contributed by atoms with Crippen LogP contribution in [0.3, 0.4) is 0 Å². The van der Waals surface area contributed by atoms with E-state index in [0.29, 0.717) is 0 Å². The number of nitrogens with one attached hydrogen (secondary N) is 1. The molecule has 1 aromatic rings. The van der Waals surface area contributed by atoms with Gasteiger partial charge in [-0.2, -0.15) is 0 Å². The third-order valence-corrected chi connectivity index (χ3v) is 4.65. The van der Waals surface area contributed by atoms with Crippen LogP contribution in [-0.2, 0) is 11.2 Å². The number of likely N-dealkylation sites (N-methyl/N-ethyl adjacent to an activating group) is 1. The fourth-order valence-corrected chi connectivity index (χ4v) is 3.19. The number of piperidine rings is 1. The second-order valence-electron chi connectivity index (χ2n) is 5.27. The zero-order valence-corrected chi connectivity index (χ0v) is 13.3. The summed E-state index contributed by atoms with van der Waals surface area (Å²) in [6, 6.07) is 4.19. The van der Waals surface area contributed by atoms with E-state index < -0.39 is 0 Å². The fraction of sp³-hybridized carbons (Fsp3) is 0.643. The lowest BCUT2D eigenvalue weighted by Gasteiger charge is -2.36. The Balaban J connectivity index is 0.00000180. The van der Waals surface area contributed by atoms with Crippen LogP contribution in [0.1, 0.15) is 31.1 Å². The molecule has 1 fully saturated rings. The van der Waals surface area contributed by atoms with Crippen molar-refractivity contribution >= 4 is 29.7 Å². The molecule has 1 aliphatic rings. The molecule has 1 N–H and O–H groups in total. The summed E-state index contributed by atoms with van der Waals surface area (Å²) >= 11 is 1.76. The molecular weight excluding hydrogens is 280 g/mol. The average molecular weight is 303 g/mol. The molecule has 1 amide bonds. The Bertz CT molecular complexity index is 388. The van der Waals surface area contributed by atoms with Gasteiger partial charge >= 0.3 is 0 Å². The van der Waals surface area contributed by atoms with Crippen LogP contribution < -0.4 is 5.32 Å². The van der Waals surface area contributed by atoms with E-state index in [9.17, 15) is 4.79 Å². The highest BCUT2D eigenvalue weighted by Crippen LogP contribution is 2.21. The number of rotatable bonds is 4. The molecule has 1 unspecified atom stereocenters. The first-order valence-corrected chi connectivity index (χ1v) is 7.53. The van der Waals surface area contributed by atoms with Crippen molar-refractivity contribution in [1.29, 1.82) is 0 Å². The third kappa shape index (κ3) is 4.20. The van der Waals surface area contributed by atoms with Crippen LogP contribution in [0.15, 0.2) is 17.5 Å². The smallest absolute Gasteiger partial charge is 0.242 e. The first-order chi connectivity index (χ1) is 8.62. The molecule has 0 radical (unpaired) electrons. The maximum atomic E-state index is 12.4. The summed E-state index contributed by atoms with van der Waals surface area (Å²) in [4.78, 5) is 15.7. The van der Waals surface area contributed by atoms with Crippen LogP contribution in [-0.4, -0.2) is 36.5 Å². The molecule has 2 heterocycles. The number of hydrogen-bond acceptors (Lipinski definition) is 3. The Morgan fingerprint density at radius 2 is 2.32 bits per heavy atom. The second-order valence-corrected chi connectivity index (χ2v) is 6.30. The van der Waals surface area contributed by atoms with E-state index in [4.69, 9.17) is 0 Å². The first-order valence-electron chi connectivity index (χ1n) is 6.65. The quantitative estimate of drug-likeness (QED) is 0.927. The van der Waals surface area contributed by atoms with E-state index in [0.717, 1.165) is 32.4 Å². The van der Waals surface area contributed by atoms with Gasteiger partial charge in [0, 0.05) is 18.5 Å². The monoisotopic (exact) mass is 302 g/mol. The number of nitrogens with zero attached hydrogens (tertiary/aromatic N) is 1. The topological polar surface area (TPSA) is 32.3 Å². The molecule has 0 spiro atoms. The number of carbonyl (C=O) groups is 1. The van der Waals surface area contributed by atoms with Gasteiger partial charge in [-0.15, -0.1) is 23.7 Å². The molecule has 5 heteroatoms. The van der Waals surface area contributed by atoms with E-state index in [1.54, 1.807) is 11.3 Å². The van der Waals surface area contributed by atoms with Crippen LogP contribution in [0.2, 0.25) is 0 Å². The van der Waals surface area contributed by atoms with Gasteiger partial charge < -0.3 is 10.2 Å². The highest BCUT2D eigenvalue weighted by molar-refractivity contribution is 7.09. The van der Waals surface area contributed by atoms with Crippen molar-refractivity contribution in [2.75, 3.05) is 20.1 Å². The molecule has 0 aliphatic carbocycles. The minimum atomic E-state index is -0.345. The van der Waals surface area contributed by atoms with Crippen LogP contribution in [0.4, 0.5) is 0 Å². The summed E-state index contributed by atoms with van der Waals surface area (Å²) in [7, 11) is 1.91. The summed E-state index contributed by atoms with van der Waals surface area (Å²) in [6.45, 7) is 3.80. The highest BCUT2D eigenvalue weighted by Gasteiger charge is 2.36. The van der Waals surface area contributed by atoms with Crippen molar-refractivity contribution in [3.05, 3.63) is 22.4 Å². The molecule has 3 nitrogen and oxygen atoms in total. The Morgan fingerprint density at radius 1 is 1.53 bits per heavy atom. The predicted octanol–water partition coefficient (Wildman–Crippen LogP) is 2.70. The van der Waals surface area contributed by atoms with E-state index in [2.05, 4.69) is 22.8 Å². The molecular formula is C14H23ClN2OS. The van der Waals surface area contributed by atoms with E-state index in [1.807, 2.05) is 18.9 Å². The van der Waals surface area contributed by atoms with Gasteiger partial charge in [-0.3, -0.25) is 4.79 Å². The molecule has 1 aromatic heterocycles. The minimum absolute atomic E-state index is 0. The summed E-state index contributed by atoms with van der Waals surface area (Å²) in [5, 5.41) is 5.47. The maximum absolute atomic E-state index is 12.4. The molecule has 1 aliphatic heterocycles. The van der Waals surface area contributed by atoms with Crippen molar-refractivity contribution in [3.63, 3.8) is 0 Å². The number of halogens is 1. The van der Waals surface area contributed by atoms with E-state index in [-0.39, 0.29) is 23.9 Å². The molecule has 0 bridgehead atoms. The minimum Gasteiger partial charge on any atom is -0.344 e. The first kappa shape index (κ1) is 16.5. The van der Waals surface area contributed by atoms with Gasteiger partial charge in [0.1, 0.15) is 0 Å². The summed E-state index contributed by atoms with van der Waals surface area (Å²) in [5.41, 5.74) is -0.345. The second kappa shape index (κ2) is 7.27. The van der Waals surface area contributed by atoms with Crippen LogP contribution >= 0.6 is 23.7 Å². The maximum Gasteiger partial charge on any atom is 0.242 e. The lowest BCUT2D eigenvalue weighted by molar-refractivity contribution is -0.137. The molecule has 0 aromatic carbocycles. The molecule has 108 valence electrons. The van der Waals surface area contributed by atoms with Crippen LogP contribution in [0, 0.1) is 0 Å². The summed E-state index contributed by atoms with van der Waals surface area (Å²) < 4.78 is 0. The largest absolute Gasteiger partial charge is 0.344 e. The zero-order chi connectivity index (χ0) is 13.0. The summed E-state index contributed by atoms with van der Waals surface area (Å²) in [6.07, 6.45) is 4.24. The zero-order valence-electron chi connectivity index (χ0n) is 11.6. The van der Waals surface area contributed by atoms with Crippen molar-refractivity contribution in [3.8, 4) is 0 Å². The average Bonchev–Trinajstić information content (AvgIpc) is 2.89. The third-order valence-electron chi connectivity index (χ3n) is 3.71. The molecule has 19 heavy (non-hydrogen) atoms. The molecule has 1 saturated heterocycles. The van der Waals surface area contributed by atoms with Crippen molar-refractivity contribution in [1.82, 2.24) is 10.2 Å². The number of amides is 1. The van der Waals surface area contributed by atoms with Gasteiger partial charge in [-0.25, -0.2) is 0 Å². The molecule has 1 atom stereocenters. The van der Waals surface area contributed by atoms with E-state index >= 15 is 0 Å². The predicted molar refractivity (Wildman–Crippen MR) is 83.2 cm³/mol. The normalized spacial score (nSPS) is 22.6. The Kier molecular flexibility index (Phi) is 6.30. The summed E-state index contributed by atoms with van der Waals surface area (Å²) in [5.74, 6) is 0.235. The van der Waals surface area contributed by atoms with E-state index in [1.165, 1.54) is 11.3 Å². The van der Waals surface area contributed by atoms with Gasteiger partial charge in [0.25, 0.3) is 0 Å². The Labute approximate surface area is 125 Å². The molecule has 0 saturated carbocycles. The molecule has 2 rings (SSSR count). The van der Waals surface area contributed by atoms with Crippen molar-refractivity contribution < 1.29 is 4.79 Å². The van der Waals surface area contributed by atoms with Crippen molar-refractivity contribution in [2.45, 2.75) is 38.1 Å². The standard InChI is InChI=1S/C14H22N2OS.ClH/c1-14(8-3-4-9-15-14)13(17)16(2)10-7-12-6-5-11-18-12;/h5-6,11,15H,3-4,7-10H2,1-2H3;1H. The van der Waals surface area contributed by atoms with Crippen molar-refractivity contribution in [2.24, 2.45) is 0 Å².